The van der Waals surface area contributed by atoms with E-state index in [1.165, 1.54) is 10.7 Å². The van der Waals surface area contributed by atoms with Crippen LogP contribution in [-0.4, -0.2) is 29.7 Å². The van der Waals surface area contributed by atoms with Crippen molar-refractivity contribution in [3.05, 3.63) is 35.0 Å². The molecule has 0 aliphatic carbocycles. The zero-order valence-corrected chi connectivity index (χ0v) is 12.4. The van der Waals surface area contributed by atoms with Gasteiger partial charge in [0.1, 0.15) is 11.5 Å². The predicted octanol–water partition coefficient (Wildman–Crippen LogP) is 1.26. The molecule has 1 aromatic rings. The fourth-order valence-corrected chi connectivity index (χ4v) is 1.56. The van der Waals surface area contributed by atoms with Crippen molar-refractivity contribution in [1.29, 1.82) is 0 Å². The number of hydrogen-bond donors (Lipinski definition) is 1. The summed E-state index contributed by atoms with van der Waals surface area (Å²) in [7, 11) is -3.88. The van der Waals surface area contributed by atoms with Crippen molar-refractivity contribution >= 4 is 38.9 Å². The maximum Gasteiger partial charge on any atom is 0.272 e. The molecule has 0 aliphatic heterocycles. The van der Waals surface area contributed by atoms with E-state index in [2.05, 4.69) is 16.7 Å². The van der Waals surface area contributed by atoms with Gasteiger partial charge in [-0.15, -0.1) is 0 Å². The molecule has 0 aliphatic rings. The first-order chi connectivity index (χ1) is 9.16. The zero-order valence-electron chi connectivity index (χ0n) is 10.9. The van der Waals surface area contributed by atoms with E-state index in [1.54, 1.807) is 19.9 Å². The van der Waals surface area contributed by atoms with Gasteiger partial charge in [-0.2, -0.15) is 5.10 Å². The molecule has 0 fully saturated rings. The van der Waals surface area contributed by atoms with Crippen LogP contribution in [0.4, 0.5) is 0 Å². The number of hydrogen-bond acceptors (Lipinski definition) is 5. The molecule has 1 heterocycles. The maximum absolute atomic E-state index is 11.0. The maximum atomic E-state index is 11.0. The van der Waals surface area contributed by atoms with Crippen LogP contribution in [-0.2, 0) is 10.0 Å². The van der Waals surface area contributed by atoms with Crippen LogP contribution in [0, 0.1) is 6.92 Å². The molecule has 0 unspecified atom stereocenters. The van der Waals surface area contributed by atoms with E-state index in [-0.39, 0.29) is 10.6 Å². The molecular weight excluding hydrogens is 304 g/mol. The number of carbonyl (C=O) groups is 1. The van der Waals surface area contributed by atoms with Crippen LogP contribution in [0.5, 0.6) is 0 Å². The molecule has 0 spiro atoms. The second kappa shape index (κ2) is 6.12. The number of nitrogens with zero attached hydrogens (tertiary/aromatic N) is 3. The number of allylic oxidation sites excluding steroid dienone is 2. The van der Waals surface area contributed by atoms with Gasteiger partial charge in [-0.1, -0.05) is 6.58 Å². The Labute approximate surface area is 121 Å². The van der Waals surface area contributed by atoms with Gasteiger partial charge in [0.25, 0.3) is 5.24 Å². The Morgan fingerprint density at radius 1 is 1.60 bits per heavy atom. The van der Waals surface area contributed by atoms with Crippen LogP contribution >= 0.6 is 11.6 Å². The molecule has 0 bridgehead atoms. The highest BCUT2D eigenvalue weighted by atomic mass is 35.5. The number of aryl methyl sites for hydroxylation is 1. The number of nitrogens with two attached hydrogens (primary N) is 1. The Bertz CT molecular complexity index is 716. The highest BCUT2D eigenvalue weighted by Crippen LogP contribution is 2.13. The molecule has 1 aromatic heterocycles. The normalized spacial score (nSPS) is 12.9. The average molecular weight is 317 g/mol. The third kappa shape index (κ3) is 3.86. The second-order valence-corrected chi connectivity index (χ2v) is 5.73. The summed E-state index contributed by atoms with van der Waals surface area (Å²) >= 11 is 5.34. The predicted molar refractivity (Wildman–Crippen MR) is 77.8 cm³/mol. The molecule has 0 radical (unpaired) electrons. The quantitative estimate of drug-likeness (QED) is 0.651. The lowest BCUT2D eigenvalue weighted by Gasteiger charge is -2.03. The van der Waals surface area contributed by atoms with Gasteiger partial charge in [-0.3, -0.25) is 4.79 Å². The summed E-state index contributed by atoms with van der Waals surface area (Å²) in [6.07, 6.45) is 2.59. The number of sulfonamides is 1. The molecule has 7 nitrogen and oxygen atoms in total. The second-order valence-electron chi connectivity index (χ2n) is 3.77. The largest absolute Gasteiger partial charge is 0.274 e. The Morgan fingerprint density at radius 3 is 2.60 bits per heavy atom. The van der Waals surface area contributed by atoms with Gasteiger partial charge in [0.2, 0.25) is 10.0 Å². The van der Waals surface area contributed by atoms with Gasteiger partial charge in [0, 0.05) is 11.9 Å². The first kappa shape index (κ1) is 16.3. The van der Waals surface area contributed by atoms with Crippen molar-refractivity contribution in [2.75, 3.05) is 0 Å². The van der Waals surface area contributed by atoms with Gasteiger partial charge in [0.15, 0.2) is 0 Å². The number of aliphatic imine (C=N–C) groups is 1. The summed E-state index contributed by atoms with van der Waals surface area (Å²) in [6.45, 7) is 6.66. The summed E-state index contributed by atoms with van der Waals surface area (Å²) in [6, 6.07) is 1.49. The van der Waals surface area contributed by atoms with Gasteiger partial charge in [-0.05, 0) is 37.6 Å². The first-order valence-electron chi connectivity index (χ1n) is 5.35. The fraction of sp³-hybridized carbons (Fsp3) is 0.182. The van der Waals surface area contributed by atoms with E-state index in [0.29, 0.717) is 11.5 Å². The Morgan fingerprint density at radius 2 is 2.20 bits per heavy atom. The van der Waals surface area contributed by atoms with E-state index in [0.717, 1.165) is 6.21 Å². The minimum Gasteiger partial charge on any atom is -0.274 e. The standard InChI is InChI=1S/C11H13ClN4O3S/c1-4-10(14-6-8(3)20(13,18)19)16-7(2)5-9(15-16)11(12)17/h4-6H,3H2,1-2H3,(H2,13,18,19)/b10-4+,14-6-. The minimum absolute atomic E-state index is 0.0731. The molecule has 0 saturated heterocycles. The number of aromatic nitrogens is 2. The third-order valence-corrected chi connectivity index (χ3v) is 3.30. The molecule has 0 saturated carbocycles. The fourth-order valence-electron chi connectivity index (χ4n) is 1.27. The topological polar surface area (TPSA) is 107 Å². The van der Waals surface area contributed by atoms with Crippen LogP contribution in [0.15, 0.2) is 28.6 Å². The number of halogens is 1. The van der Waals surface area contributed by atoms with Crippen molar-refractivity contribution in [1.82, 2.24) is 9.78 Å². The van der Waals surface area contributed by atoms with Gasteiger partial charge >= 0.3 is 0 Å². The molecule has 1 rings (SSSR count). The van der Waals surface area contributed by atoms with E-state index in [1.807, 2.05) is 0 Å². The zero-order chi connectivity index (χ0) is 15.5. The lowest BCUT2D eigenvalue weighted by molar-refractivity contribution is 0.107. The summed E-state index contributed by atoms with van der Waals surface area (Å²) in [5.74, 6) is 0.302. The van der Waals surface area contributed by atoms with Gasteiger partial charge in [0.05, 0.1) is 4.91 Å². The van der Waals surface area contributed by atoms with E-state index in [9.17, 15) is 13.2 Å². The monoisotopic (exact) mass is 316 g/mol. The first-order valence-corrected chi connectivity index (χ1v) is 7.28. The van der Waals surface area contributed by atoms with E-state index < -0.39 is 15.3 Å². The van der Waals surface area contributed by atoms with Crippen LogP contribution < -0.4 is 5.14 Å². The molecule has 0 aromatic carbocycles. The Balaban J connectivity index is 3.14. The minimum atomic E-state index is -3.88. The van der Waals surface area contributed by atoms with Crippen molar-refractivity contribution in [3.63, 3.8) is 0 Å². The number of primary sulfonamides is 1. The lowest BCUT2D eigenvalue weighted by atomic mass is 10.4. The van der Waals surface area contributed by atoms with Crippen molar-refractivity contribution in [2.24, 2.45) is 10.1 Å². The Kier molecular flexibility index (Phi) is 4.98. The summed E-state index contributed by atoms with van der Waals surface area (Å²) < 4.78 is 23.4. The molecule has 20 heavy (non-hydrogen) atoms. The average Bonchev–Trinajstić information content (AvgIpc) is 2.71. The van der Waals surface area contributed by atoms with Crippen LogP contribution in [0.2, 0.25) is 0 Å². The molecule has 0 atom stereocenters. The van der Waals surface area contributed by atoms with Crippen molar-refractivity contribution in [2.45, 2.75) is 13.8 Å². The van der Waals surface area contributed by atoms with Crippen LogP contribution in [0.1, 0.15) is 23.1 Å². The van der Waals surface area contributed by atoms with E-state index in [4.69, 9.17) is 16.7 Å². The lowest BCUT2D eigenvalue weighted by Crippen LogP contribution is -2.14. The molecule has 0 amide bonds. The van der Waals surface area contributed by atoms with Gasteiger partial charge in [-0.25, -0.2) is 23.2 Å². The SMILES string of the molecule is C=C(/C=N\C(=C/C)n1nc(C(=O)Cl)cc1C)S(N)(=O)=O. The number of rotatable bonds is 5. The summed E-state index contributed by atoms with van der Waals surface area (Å²) in [4.78, 5) is 14.6. The van der Waals surface area contributed by atoms with Crippen molar-refractivity contribution in [3.8, 4) is 0 Å². The Hall–Kier alpha value is -1.77. The summed E-state index contributed by atoms with van der Waals surface area (Å²) in [5.41, 5.74) is 0.685. The summed E-state index contributed by atoms with van der Waals surface area (Å²) in [5, 5.41) is 8.17. The van der Waals surface area contributed by atoms with Gasteiger partial charge < -0.3 is 0 Å². The molecule has 2 N–H and O–H groups in total. The van der Waals surface area contributed by atoms with Crippen molar-refractivity contribution < 1.29 is 13.2 Å². The third-order valence-electron chi connectivity index (χ3n) is 2.27. The van der Waals surface area contributed by atoms with Crippen LogP contribution in [0.25, 0.3) is 5.82 Å². The molecular formula is C11H13ClN4O3S. The van der Waals surface area contributed by atoms with E-state index >= 15 is 0 Å². The number of carbonyl (C=O) groups excluding carboxylic acids is 1. The smallest absolute Gasteiger partial charge is 0.272 e. The highest BCUT2D eigenvalue weighted by molar-refractivity contribution is 7.93. The highest BCUT2D eigenvalue weighted by Gasteiger charge is 2.12. The van der Waals surface area contributed by atoms with Crippen LogP contribution in [0.3, 0.4) is 0 Å². The molecule has 108 valence electrons. The molecule has 9 heteroatoms.